The van der Waals surface area contributed by atoms with Crippen LogP contribution in [0.25, 0.3) is 11.3 Å². The van der Waals surface area contributed by atoms with E-state index in [-0.39, 0.29) is 18.2 Å². The Labute approximate surface area is 217 Å². The fraction of sp³-hybridized carbons (Fsp3) is 0.222. The van der Waals surface area contributed by atoms with E-state index in [4.69, 9.17) is 21.1 Å². The lowest BCUT2D eigenvalue weighted by Gasteiger charge is -2.19. The van der Waals surface area contributed by atoms with Crippen LogP contribution in [0.3, 0.4) is 0 Å². The number of halogens is 3. The molecule has 2 heterocycles. The number of urea groups is 1. The topological polar surface area (TPSA) is 72.1 Å². The maximum Gasteiger partial charge on any atom is 0.387 e. The second-order valence-corrected chi connectivity index (χ2v) is 9.22. The standard InChI is InChI=1S/C27H24ClF2N3O4/c1-27(2)36-22-13-19(12-18(14-28)24(22)37-27)31-26(34)33-15-21(16-6-4-3-5-7-16)23(32-33)17-8-10-20(11-9-17)35-25(29)30/h3-13,25,32H,14-15H2,1-2H3,(H,31,34). The van der Waals surface area contributed by atoms with Gasteiger partial charge < -0.3 is 19.5 Å². The predicted octanol–water partition coefficient (Wildman–Crippen LogP) is 6.45. The fourth-order valence-electron chi connectivity index (χ4n) is 4.26. The Bertz CT molecular complexity index is 1350. The molecule has 3 aromatic rings. The summed E-state index contributed by atoms with van der Waals surface area (Å²) in [6.45, 7) is 0.944. The summed E-state index contributed by atoms with van der Waals surface area (Å²) in [5.74, 6) is 0.466. The summed E-state index contributed by atoms with van der Waals surface area (Å²) >= 11 is 6.12. The number of carbonyl (C=O) groups is 1. The van der Waals surface area contributed by atoms with Gasteiger partial charge in [0.05, 0.1) is 18.1 Å². The zero-order valence-corrected chi connectivity index (χ0v) is 20.8. The van der Waals surface area contributed by atoms with Gasteiger partial charge in [-0.2, -0.15) is 8.78 Å². The second-order valence-electron chi connectivity index (χ2n) is 8.95. The van der Waals surface area contributed by atoms with Crippen molar-refractivity contribution < 1.29 is 27.8 Å². The normalized spacial score (nSPS) is 15.7. The number of hydrogen-bond acceptors (Lipinski definition) is 5. The van der Waals surface area contributed by atoms with E-state index in [2.05, 4.69) is 15.5 Å². The van der Waals surface area contributed by atoms with Crippen molar-refractivity contribution in [1.82, 2.24) is 10.4 Å². The van der Waals surface area contributed by atoms with Crippen LogP contribution in [0, 0.1) is 0 Å². The number of hydrogen-bond donors (Lipinski definition) is 2. The number of anilines is 1. The van der Waals surface area contributed by atoms with Crippen LogP contribution in [-0.2, 0) is 5.88 Å². The number of ether oxygens (including phenoxy) is 3. The third-order valence-electron chi connectivity index (χ3n) is 5.83. The average Bonchev–Trinajstić information content (AvgIpc) is 3.44. The molecule has 0 aliphatic carbocycles. The van der Waals surface area contributed by atoms with Crippen molar-refractivity contribution in [2.75, 3.05) is 11.9 Å². The maximum absolute atomic E-state index is 13.3. The number of hydrazine groups is 1. The van der Waals surface area contributed by atoms with E-state index in [0.29, 0.717) is 34.0 Å². The number of nitrogens with one attached hydrogen (secondary N) is 2. The van der Waals surface area contributed by atoms with E-state index in [1.807, 2.05) is 30.3 Å². The lowest BCUT2D eigenvalue weighted by molar-refractivity contribution is -0.0499. The molecule has 7 nitrogen and oxygen atoms in total. The van der Waals surface area contributed by atoms with Crippen LogP contribution in [0.15, 0.2) is 66.7 Å². The summed E-state index contributed by atoms with van der Waals surface area (Å²) in [4.78, 5) is 13.3. The Hall–Kier alpha value is -3.98. The molecular weight excluding hydrogens is 504 g/mol. The van der Waals surface area contributed by atoms with Gasteiger partial charge >= 0.3 is 12.6 Å². The minimum atomic E-state index is -2.91. The van der Waals surface area contributed by atoms with Gasteiger partial charge in [-0.15, -0.1) is 11.6 Å². The Morgan fingerprint density at radius 1 is 1.11 bits per heavy atom. The highest BCUT2D eigenvalue weighted by Crippen LogP contribution is 2.44. The highest BCUT2D eigenvalue weighted by molar-refractivity contribution is 6.17. The van der Waals surface area contributed by atoms with Gasteiger partial charge in [0.1, 0.15) is 5.75 Å². The number of fused-ring (bicyclic) bond motifs is 1. The summed E-state index contributed by atoms with van der Waals surface area (Å²) in [7, 11) is 0. The molecule has 0 fully saturated rings. The smallest absolute Gasteiger partial charge is 0.387 e. The van der Waals surface area contributed by atoms with E-state index < -0.39 is 18.4 Å². The Morgan fingerprint density at radius 3 is 2.51 bits per heavy atom. The van der Waals surface area contributed by atoms with Crippen LogP contribution in [0.4, 0.5) is 19.3 Å². The van der Waals surface area contributed by atoms with Crippen molar-refractivity contribution in [2.24, 2.45) is 0 Å². The van der Waals surface area contributed by atoms with Gasteiger partial charge in [-0.3, -0.25) is 5.43 Å². The van der Waals surface area contributed by atoms with E-state index >= 15 is 0 Å². The summed E-state index contributed by atoms with van der Waals surface area (Å²) in [6.07, 6.45) is 0. The number of rotatable bonds is 6. The van der Waals surface area contributed by atoms with Crippen LogP contribution in [0.1, 0.15) is 30.5 Å². The molecular formula is C27H24ClF2N3O4. The molecule has 0 bridgehead atoms. The molecule has 5 rings (SSSR count). The lowest BCUT2D eigenvalue weighted by Crippen LogP contribution is -2.40. The molecule has 10 heteroatoms. The number of carbonyl (C=O) groups excluding carboxylic acids is 1. The second kappa shape index (κ2) is 9.82. The molecule has 0 radical (unpaired) electrons. The van der Waals surface area contributed by atoms with Crippen LogP contribution in [0.5, 0.6) is 17.2 Å². The summed E-state index contributed by atoms with van der Waals surface area (Å²) in [5, 5.41) is 4.33. The van der Waals surface area contributed by atoms with Crippen molar-refractivity contribution in [3.05, 3.63) is 83.4 Å². The molecule has 0 saturated heterocycles. The van der Waals surface area contributed by atoms with Gasteiger partial charge in [0.15, 0.2) is 11.5 Å². The Morgan fingerprint density at radius 2 is 1.84 bits per heavy atom. The summed E-state index contributed by atoms with van der Waals surface area (Å²) in [6, 6.07) is 18.9. The zero-order chi connectivity index (χ0) is 26.2. The summed E-state index contributed by atoms with van der Waals surface area (Å²) < 4.78 is 41.3. The van der Waals surface area contributed by atoms with Crippen LogP contribution in [-0.4, -0.2) is 30.0 Å². The van der Waals surface area contributed by atoms with Crippen molar-refractivity contribution in [1.29, 1.82) is 0 Å². The van der Waals surface area contributed by atoms with E-state index in [1.54, 1.807) is 38.1 Å². The quantitative estimate of drug-likeness (QED) is 0.360. The first kappa shape index (κ1) is 24.7. The molecule has 2 aliphatic heterocycles. The number of nitrogens with zero attached hydrogens (tertiary/aromatic N) is 1. The minimum absolute atomic E-state index is 0.0503. The third kappa shape index (κ3) is 5.27. The summed E-state index contributed by atoms with van der Waals surface area (Å²) in [5.41, 5.74) is 7.54. The average molecular weight is 528 g/mol. The van der Waals surface area contributed by atoms with Crippen LogP contribution in [0.2, 0.25) is 0 Å². The molecule has 37 heavy (non-hydrogen) atoms. The number of benzene rings is 3. The van der Waals surface area contributed by atoms with Crippen molar-refractivity contribution in [3.8, 4) is 17.2 Å². The predicted molar refractivity (Wildman–Crippen MR) is 137 cm³/mol. The molecule has 192 valence electrons. The zero-order valence-electron chi connectivity index (χ0n) is 20.1. The highest BCUT2D eigenvalue weighted by atomic mass is 35.5. The van der Waals surface area contributed by atoms with E-state index in [1.165, 1.54) is 17.1 Å². The van der Waals surface area contributed by atoms with Crippen molar-refractivity contribution in [3.63, 3.8) is 0 Å². The van der Waals surface area contributed by atoms with Gasteiger partial charge in [-0.25, -0.2) is 9.80 Å². The van der Waals surface area contributed by atoms with Gasteiger partial charge in [-0.1, -0.05) is 30.3 Å². The van der Waals surface area contributed by atoms with E-state index in [9.17, 15) is 13.6 Å². The monoisotopic (exact) mass is 527 g/mol. The van der Waals surface area contributed by atoms with Gasteiger partial charge in [-0.05, 0) is 35.9 Å². The fourth-order valence-corrected chi connectivity index (χ4v) is 4.46. The van der Waals surface area contributed by atoms with Gasteiger partial charge in [0.2, 0.25) is 5.79 Å². The Kier molecular flexibility index (Phi) is 6.55. The largest absolute Gasteiger partial charge is 0.449 e. The minimum Gasteiger partial charge on any atom is -0.449 e. The first-order valence-electron chi connectivity index (χ1n) is 11.5. The molecule has 2 amide bonds. The lowest BCUT2D eigenvalue weighted by atomic mass is 10.0. The van der Waals surface area contributed by atoms with E-state index in [0.717, 1.165) is 11.1 Å². The van der Waals surface area contributed by atoms with Gasteiger partial charge in [0, 0.05) is 42.3 Å². The van der Waals surface area contributed by atoms with Crippen molar-refractivity contribution >= 4 is 34.6 Å². The molecule has 2 N–H and O–H groups in total. The molecule has 2 aliphatic rings. The highest BCUT2D eigenvalue weighted by Gasteiger charge is 2.34. The Balaban J connectivity index is 1.39. The molecule has 0 atom stereocenters. The van der Waals surface area contributed by atoms with Crippen molar-refractivity contribution in [2.45, 2.75) is 32.1 Å². The maximum atomic E-state index is 13.3. The third-order valence-corrected chi connectivity index (χ3v) is 6.12. The van der Waals surface area contributed by atoms with Gasteiger partial charge in [0.25, 0.3) is 0 Å². The van der Waals surface area contributed by atoms with Crippen LogP contribution >= 0.6 is 11.6 Å². The molecule has 0 unspecified atom stereocenters. The number of amides is 2. The SMILES string of the molecule is CC1(C)Oc2cc(NC(=O)N3CC(c4ccccc4)=C(c4ccc(OC(F)F)cc4)N3)cc(CCl)c2O1. The number of alkyl halides is 3. The van der Waals surface area contributed by atoms with Crippen LogP contribution < -0.4 is 25.0 Å². The first-order valence-corrected chi connectivity index (χ1v) is 12.1. The molecule has 0 saturated carbocycles. The molecule has 0 aromatic heterocycles. The molecule has 0 spiro atoms. The first-order chi connectivity index (χ1) is 17.7. The molecule has 3 aromatic carbocycles.